The van der Waals surface area contributed by atoms with Crippen molar-refractivity contribution >= 4 is 8.56 Å². The van der Waals surface area contributed by atoms with Crippen molar-refractivity contribution in [2.75, 3.05) is 14.2 Å². The molecule has 0 unspecified atom stereocenters. The molecule has 0 N–H and O–H groups in total. The van der Waals surface area contributed by atoms with E-state index in [1.807, 2.05) is 0 Å². The molecule has 0 aliphatic heterocycles. The zero-order valence-electron chi connectivity index (χ0n) is 9.56. The standard InChI is InChI=1S/C10H24O2Si/c1-5-7-9-13(11-3,12-4)10-8-6-2/h5-10H2,1-4H3. The predicted molar refractivity (Wildman–Crippen MR) is 59.2 cm³/mol. The summed E-state index contributed by atoms with van der Waals surface area (Å²) in [6.45, 7) is 4.43. The first kappa shape index (κ1) is 13.1. The molecule has 0 rings (SSSR count). The van der Waals surface area contributed by atoms with Crippen molar-refractivity contribution < 1.29 is 8.85 Å². The first-order chi connectivity index (χ1) is 6.24. The minimum absolute atomic E-state index is 1.15. The van der Waals surface area contributed by atoms with Crippen LogP contribution in [0.1, 0.15) is 39.5 Å². The number of hydrogen-bond donors (Lipinski definition) is 0. The summed E-state index contributed by atoms with van der Waals surface area (Å²) in [6, 6.07) is 2.30. The molecular weight excluding hydrogens is 180 g/mol. The molecule has 0 spiro atoms. The summed E-state index contributed by atoms with van der Waals surface area (Å²) in [4.78, 5) is 0. The summed E-state index contributed by atoms with van der Waals surface area (Å²) in [5, 5.41) is 0. The Morgan fingerprint density at radius 2 is 1.23 bits per heavy atom. The van der Waals surface area contributed by atoms with Crippen LogP contribution in [0.25, 0.3) is 0 Å². The van der Waals surface area contributed by atoms with Gasteiger partial charge in [-0.15, -0.1) is 0 Å². The number of unbranched alkanes of at least 4 members (excludes halogenated alkanes) is 2. The normalized spacial score (nSPS) is 12.0. The SMILES string of the molecule is CCCC[Si](CCCC)(OC)OC. The highest BCUT2D eigenvalue weighted by atomic mass is 28.4. The van der Waals surface area contributed by atoms with Crippen LogP contribution < -0.4 is 0 Å². The minimum atomic E-state index is -1.79. The van der Waals surface area contributed by atoms with E-state index >= 15 is 0 Å². The van der Waals surface area contributed by atoms with Crippen molar-refractivity contribution in [3.8, 4) is 0 Å². The minimum Gasteiger partial charge on any atom is -0.398 e. The molecule has 3 heteroatoms. The lowest BCUT2D eigenvalue weighted by molar-refractivity contribution is 0.239. The third-order valence-electron chi connectivity index (χ3n) is 2.57. The van der Waals surface area contributed by atoms with E-state index < -0.39 is 8.56 Å². The van der Waals surface area contributed by atoms with Crippen LogP contribution in [0, 0.1) is 0 Å². The van der Waals surface area contributed by atoms with Gasteiger partial charge in [-0.2, -0.15) is 0 Å². The first-order valence-electron chi connectivity index (χ1n) is 5.35. The second-order valence-electron chi connectivity index (χ2n) is 3.53. The third-order valence-corrected chi connectivity index (χ3v) is 6.29. The quantitative estimate of drug-likeness (QED) is 0.565. The smallest absolute Gasteiger partial charge is 0.337 e. The molecule has 0 heterocycles. The molecule has 80 valence electrons. The second-order valence-corrected chi connectivity index (χ2v) is 7.16. The van der Waals surface area contributed by atoms with Crippen molar-refractivity contribution in [1.82, 2.24) is 0 Å². The molecule has 2 nitrogen and oxygen atoms in total. The summed E-state index contributed by atoms with van der Waals surface area (Å²) in [7, 11) is 1.83. The summed E-state index contributed by atoms with van der Waals surface area (Å²) in [5.74, 6) is 0. The van der Waals surface area contributed by atoms with Crippen LogP contribution in [0.3, 0.4) is 0 Å². The zero-order chi connectivity index (χ0) is 10.2. The summed E-state index contributed by atoms with van der Waals surface area (Å²) >= 11 is 0. The van der Waals surface area contributed by atoms with Gasteiger partial charge in [0.1, 0.15) is 0 Å². The first-order valence-corrected chi connectivity index (χ1v) is 7.58. The Labute approximate surface area is 83.9 Å². The molecule has 0 atom stereocenters. The molecule has 0 aliphatic rings. The van der Waals surface area contributed by atoms with Crippen molar-refractivity contribution in [1.29, 1.82) is 0 Å². The van der Waals surface area contributed by atoms with Gasteiger partial charge in [-0.1, -0.05) is 39.5 Å². The lowest BCUT2D eigenvalue weighted by Crippen LogP contribution is -2.39. The molecule has 0 bridgehead atoms. The van der Waals surface area contributed by atoms with Crippen LogP contribution in [0.2, 0.25) is 12.1 Å². The molecule has 0 aliphatic carbocycles. The van der Waals surface area contributed by atoms with Crippen LogP contribution in [-0.2, 0) is 8.85 Å². The van der Waals surface area contributed by atoms with Gasteiger partial charge in [-0.25, -0.2) is 0 Å². The fourth-order valence-corrected chi connectivity index (χ4v) is 4.53. The van der Waals surface area contributed by atoms with E-state index in [2.05, 4.69) is 13.8 Å². The molecule has 13 heavy (non-hydrogen) atoms. The number of rotatable bonds is 8. The molecule has 0 aromatic carbocycles. The van der Waals surface area contributed by atoms with Crippen molar-refractivity contribution in [3.05, 3.63) is 0 Å². The van der Waals surface area contributed by atoms with Gasteiger partial charge in [0, 0.05) is 14.2 Å². The number of hydrogen-bond acceptors (Lipinski definition) is 2. The van der Waals surface area contributed by atoms with Crippen LogP contribution in [0.5, 0.6) is 0 Å². The fourth-order valence-electron chi connectivity index (χ4n) is 1.51. The van der Waals surface area contributed by atoms with Gasteiger partial charge in [0.2, 0.25) is 0 Å². The Hall–Kier alpha value is 0.137. The molecular formula is C10H24O2Si. The van der Waals surface area contributed by atoms with Crippen molar-refractivity contribution in [2.24, 2.45) is 0 Å². The van der Waals surface area contributed by atoms with Crippen LogP contribution >= 0.6 is 0 Å². The molecule has 0 aromatic heterocycles. The van der Waals surface area contributed by atoms with Crippen LogP contribution in [0.4, 0.5) is 0 Å². The second kappa shape index (κ2) is 7.53. The van der Waals surface area contributed by atoms with E-state index in [4.69, 9.17) is 8.85 Å². The highest BCUT2D eigenvalue weighted by Gasteiger charge is 2.33. The van der Waals surface area contributed by atoms with Gasteiger partial charge in [-0.05, 0) is 12.1 Å². The molecule has 0 saturated carbocycles. The lowest BCUT2D eigenvalue weighted by atomic mass is 10.4. The fraction of sp³-hybridized carbons (Fsp3) is 1.00. The zero-order valence-corrected chi connectivity index (χ0v) is 10.6. The van der Waals surface area contributed by atoms with Gasteiger partial charge >= 0.3 is 8.56 Å². The van der Waals surface area contributed by atoms with E-state index in [1.165, 1.54) is 25.7 Å². The van der Waals surface area contributed by atoms with Crippen LogP contribution in [-0.4, -0.2) is 22.8 Å². The van der Waals surface area contributed by atoms with Gasteiger partial charge in [0.15, 0.2) is 0 Å². The highest BCUT2D eigenvalue weighted by molar-refractivity contribution is 6.67. The Bertz CT molecular complexity index is 103. The van der Waals surface area contributed by atoms with Crippen LogP contribution in [0.15, 0.2) is 0 Å². The van der Waals surface area contributed by atoms with Gasteiger partial charge in [0.25, 0.3) is 0 Å². The topological polar surface area (TPSA) is 18.5 Å². The highest BCUT2D eigenvalue weighted by Crippen LogP contribution is 2.22. The summed E-state index contributed by atoms with van der Waals surface area (Å²) in [5.41, 5.74) is 0. The lowest BCUT2D eigenvalue weighted by Gasteiger charge is -2.27. The van der Waals surface area contributed by atoms with Crippen molar-refractivity contribution in [2.45, 2.75) is 51.6 Å². The predicted octanol–water partition coefficient (Wildman–Crippen LogP) is 3.32. The molecule has 0 aromatic rings. The molecule has 0 amide bonds. The van der Waals surface area contributed by atoms with Gasteiger partial charge < -0.3 is 8.85 Å². The Morgan fingerprint density at radius 1 is 0.846 bits per heavy atom. The Kier molecular flexibility index (Phi) is 7.61. The molecule has 0 saturated heterocycles. The Morgan fingerprint density at radius 3 is 1.46 bits per heavy atom. The largest absolute Gasteiger partial charge is 0.398 e. The van der Waals surface area contributed by atoms with Crippen molar-refractivity contribution in [3.63, 3.8) is 0 Å². The average Bonchev–Trinajstić information content (AvgIpc) is 2.20. The van der Waals surface area contributed by atoms with E-state index in [1.54, 1.807) is 14.2 Å². The van der Waals surface area contributed by atoms with Gasteiger partial charge in [-0.3, -0.25) is 0 Å². The van der Waals surface area contributed by atoms with E-state index in [9.17, 15) is 0 Å². The van der Waals surface area contributed by atoms with E-state index in [-0.39, 0.29) is 0 Å². The monoisotopic (exact) mass is 204 g/mol. The average molecular weight is 204 g/mol. The van der Waals surface area contributed by atoms with Gasteiger partial charge in [0.05, 0.1) is 0 Å². The third kappa shape index (κ3) is 4.79. The summed E-state index contributed by atoms with van der Waals surface area (Å²) < 4.78 is 11.2. The van der Waals surface area contributed by atoms with E-state index in [0.29, 0.717) is 0 Å². The maximum Gasteiger partial charge on any atom is 0.337 e. The maximum absolute atomic E-state index is 5.61. The van der Waals surface area contributed by atoms with E-state index in [0.717, 1.165) is 12.1 Å². The Balaban J connectivity index is 3.97. The molecule has 0 radical (unpaired) electrons. The molecule has 0 fully saturated rings. The maximum atomic E-state index is 5.61. The summed E-state index contributed by atoms with van der Waals surface area (Å²) in [6.07, 6.45) is 4.93.